The Morgan fingerprint density at radius 3 is 1.18 bits per heavy atom. The molecular weight excluding hydrogens is 747 g/mol. The van der Waals surface area contributed by atoms with Gasteiger partial charge in [0.2, 0.25) is 0 Å². The first-order valence-corrected chi connectivity index (χ1v) is 20.2. The number of aryl methyl sites for hydroxylation is 6. The summed E-state index contributed by atoms with van der Waals surface area (Å²) in [7, 11) is 0. The van der Waals surface area contributed by atoms with Crippen molar-refractivity contribution >= 4 is 23.3 Å². The number of halogens is 2. The zero-order valence-electron chi connectivity index (χ0n) is 30.5. The van der Waals surface area contributed by atoms with Crippen molar-refractivity contribution < 1.29 is 56.9 Å². The van der Waals surface area contributed by atoms with Crippen molar-refractivity contribution in [3.05, 3.63) is 164 Å². The maximum atomic E-state index is 6.57. The van der Waals surface area contributed by atoms with Gasteiger partial charge in [0.25, 0.3) is 0 Å². The van der Waals surface area contributed by atoms with E-state index in [9.17, 15) is 0 Å². The largest absolute Gasteiger partial charge is 1.00 e. The van der Waals surface area contributed by atoms with Crippen molar-refractivity contribution in [3.63, 3.8) is 0 Å². The minimum absolute atomic E-state index is 0. The number of furan rings is 2. The Labute approximate surface area is 326 Å². The fraction of sp³-hybridized carbons (Fsp3) is 0.217. The summed E-state index contributed by atoms with van der Waals surface area (Å²) in [6, 6.07) is 31.4. The molecule has 2 nitrogen and oxygen atoms in total. The van der Waals surface area contributed by atoms with E-state index >= 15 is 0 Å². The summed E-state index contributed by atoms with van der Waals surface area (Å²) in [6.07, 6.45) is 4.95. The molecule has 2 unspecified atom stereocenters. The molecule has 4 aromatic carbocycles. The monoisotopic (exact) mass is 786 g/mol. The predicted molar refractivity (Wildman–Crippen MR) is 200 cm³/mol. The number of benzene rings is 4. The second kappa shape index (κ2) is 14.4. The molecule has 0 saturated heterocycles. The third-order valence-electron chi connectivity index (χ3n) is 11.0. The predicted octanol–water partition coefficient (Wildman–Crippen LogP) is 6.66. The van der Waals surface area contributed by atoms with Crippen molar-refractivity contribution in [3.8, 4) is 22.3 Å². The van der Waals surface area contributed by atoms with Crippen molar-refractivity contribution in [2.24, 2.45) is 0 Å². The van der Waals surface area contributed by atoms with E-state index in [4.69, 9.17) is 8.83 Å². The molecule has 256 valence electrons. The van der Waals surface area contributed by atoms with Gasteiger partial charge in [-0.25, -0.2) is 0 Å². The first kappa shape index (κ1) is 37.2. The topological polar surface area (TPSA) is 26.3 Å². The maximum Gasteiger partial charge on any atom is -1.00 e. The van der Waals surface area contributed by atoms with Crippen LogP contribution in [0.5, 0.6) is 0 Å². The summed E-state index contributed by atoms with van der Waals surface area (Å²) >= 11 is -1.36. The van der Waals surface area contributed by atoms with Gasteiger partial charge in [0.15, 0.2) is 0 Å². The third-order valence-corrected chi connectivity index (χ3v) is 15.7. The molecule has 0 N–H and O–H groups in total. The number of rotatable bonds is 6. The third kappa shape index (κ3) is 6.30. The van der Waals surface area contributed by atoms with E-state index in [-0.39, 0.29) is 24.8 Å². The van der Waals surface area contributed by atoms with Gasteiger partial charge in [0, 0.05) is 0 Å². The minimum Gasteiger partial charge on any atom is -1.00 e. The van der Waals surface area contributed by atoms with E-state index in [2.05, 4.69) is 152 Å². The fourth-order valence-corrected chi connectivity index (χ4v) is 12.7. The fourth-order valence-electron chi connectivity index (χ4n) is 7.86. The zero-order valence-corrected chi connectivity index (χ0v) is 34.4. The van der Waals surface area contributed by atoms with Crippen LogP contribution < -0.4 is 24.8 Å². The smallest absolute Gasteiger partial charge is 1.00 e. The van der Waals surface area contributed by atoms with E-state index < -0.39 is 23.2 Å². The first-order valence-electron chi connectivity index (χ1n) is 17.3. The maximum absolute atomic E-state index is 6.57. The number of fused-ring (bicyclic) bond motifs is 2. The molecule has 51 heavy (non-hydrogen) atoms. The van der Waals surface area contributed by atoms with Crippen molar-refractivity contribution in [1.29, 1.82) is 0 Å². The first-order chi connectivity index (χ1) is 23.6. The van der Waals surface area contributed by atoms with Crippen LogP contribution in [0.4, 0.5) is 0 Å². The van der Waals surface area contributed by atoms with Crippen LogP contribution >= 0.6 is 0 Å². The number of allylic oxidation sites excluding steroid dienone is 2. The Hall–Kier alpha value is -3.62. The molecule has 0 fully saturated rings. The number of hydrogen-bond acceptors (Lipinski definition) is 2. The summed E-state index contributed by atoms with van der Waals surface area (Å²) in [6.45, 7) is 17.6. The summed E-state index contributed by atoms with van der Waals surface area (Å²) < 4.78 is 13.8. The number of hydrogen-bond donors (Lipinski definition) is 0. The van der Waals surface area contributed by atoms with E-state index in [1.807, 2.05) is 0 Å². The molecule has 8 rings (SSSR count). The second-order valence-corrected chi connectivity index (χ2v) is 17.7. The van der Waals surface area contributed by atoms with Gasteiger partial charge < -0.3 is 24.8 Å². The van der Waals surface area contributed by atoms with Gasteiger partial charge in [0.1, 0.15) is 0 Å². The van der Waals surface area contributed by atoms with Gasteiger partial charge >= 0.3 is 304 Å². The van der Waals surface area contributed by atoms with Crippen LogP contribution in [0.3, 0.4) is 0 Å². The molecule has 5 heteroatoms. The molecule has 2 aliphatic rings. The summed E-state index contributed by atoms with van der Waals surface area (Å²) in [4.78, 5) is 0. The van der Waals surface area contributed by atoms with Gasteiger partial charge in [-0.3, -0.25) is 0 Å². The van der Waals surface area contributed by atoms with Crippen molar-refractivity contribution in [1.82, 2.24) is 0 Å². The van der Waals surface area contributed by atoms with E-state index in [0.717, 1.165) is 23.0 Å². The van der Waals surface area contributed by atoms with Crippen molar-refractivity contribution in [2.45, 2.75) is 62.6 Å². The molecule has 2 aliphatic carbocycles. The molecule has 0 spiro atoms. The van der Waals surface area contributed by atoms with Crippen LogP contribution in [0.1, 0.15) is 85.9 Å². The van der Waals surface area contributed by atoms with E-state index in [0.29, 0.717) is 7.25 Å². The standard InChI is InChI=1S/2C23H21O.2ClH.Zr/c2*1-14-10-19-12-20(22-11-15(2)17(4)24-22)13-21(19)23(16(14)3)18-8-6-5-7-9-18;;;/h2*5-13H,1-4H3;2*1H;/q;;;;+2/p-2. The summed E-state index contributed by atoms with van der Waals surface area (Å²) in [5.74, 6) is 4.03. The Balaban J connectivity index is 0.00000224. The Bertz CT molecular complexity index is 2140. The van der Waals surface area contributed by atoms with Crippen molar-refractivity contribution in [2.75, 3.05) is 0 Å². The van der Waals surface area contributed by atoms with Gasteiger partial charge in [-0.15, -0.1) is 0 Å². The van der Waals surface area contributed by atoms with Crippen LogP contribution in [0, 0.1) is 55.4 Å². The Morgan fingerprint density at radius 1 is 0.471 bits per heavy atom. The van der Waals surface area contributed by atoms with E-state index in [1.54, 1.807) is 0 Å². The summed E-state index contributed by atoms with van der Waals surface area (Å²) in [5.41, 5.74) is 21.4. The molecule has 0 saturated carbocycles. The van der Waals surface area contributed by atoms with Gasteiger partial charge in [-0.05, 0) is 0 Å². The van der Waals surface area contributed by atoms with Gasteiger partial charge in [0.05, 0.1) is 0 Å². The van der Waals surface area contributed by atoms with Crippen LogP contribution in [0.2, 0.25) is 0 Å². The molecule has 2 aromatic heterocycles. The average Bonchev–Trinajstić information content (AvgIpc) is 3.83. The van der Waals surface area contributed by atoms with Crippen LogP contribution in [0.15, 0.2) is 93.8 Å². The normalized spacial score (nSPS) is 15.7. The average molecular weight is 789 g/mol. The molecular formula is C46H42Cl2O2Zr. The SMILES string of the molecule is Cc1cc(C2=Cc3c(cc(C)c(C)c3-c3ccccc3)[CH]2[Zr+2][CH]2C(c3cc(C)c(C)o3)=Cc3c2cc(C)c(C)c3-c2ccccc2)oc1C.[Cl-].[Cl-]. The van der Waals surface area contributed by atoms with E-state index in [1.165, 1.54) is 89.0 Å². The Morgan fingerprint density at radius 2 is 0.843 bits per heavy atom. The molecule has 0 aliphatic heterocycles. The Kier molecular flexibility index (Phi) is 10.5. The zero-order chi connectivity index (χ0) is 34.1. The van der Waals surface area contributed by atoms with Gasteiger partial charge in [-0.2, -0.15) is 0 Å². The molecule has 2 heterocycles. The molecule has 0 amide bonds. The quantitative estimate of drug-likeness (QED) is 0.189. The molecule has 0 bridgehead atoms. The summed E-state index contributed by atoms with van der Waals surface area (Å²) in [5, 5.41) is 0. The molecule has 2 atom stereocenters. The van der Waals surface area contributed by atoms with Gasteiger partial charge in [-0.1, -0.05) is 0 Å². The molecule has 0 radical (unpaired) electrons. The second-order valence-electron chi connectivity index (χ2n) is 14.1. The molecule has 6 aromatic rings. The minimum atomic E-state index is -1.36. The van der Waals surface area contributed by atoms with Crippen LogP contribution in [-0.2, 0) is 23.2 Å². The van der Waals surface area contributed by atoms with Crippen LogP contribution in [0.25, 0.3) is 45.6 Å². The van der Waals surface area contributed by atoms with Crippen LogP contribution in [-0.4, -0.2) is 0 Å².